The van der Waals surface area contributed by atoms with Crippen molar-refractivity contribution in [3.8, 4) is 11.8 Å². The number of amides is 1. The van der Waals surface area contributed by atoms with Gasteiger partial charge in [0.1, 0.15) is 29.0 Å². The number of hydrogen-bond acceptors (Lipinski definition) is 7. The van der Waals surface area contributed by atoms with Gasteiger partial charge in [-0.05, 0) is 29.6 Å². The van der Waals surface area contributed by atoms with Crippen LogP contribution in [0.1, 0.15) is 21.7 Å². The third-order valence-electron chi connectivity index (χ3n) is 4.38. The fourth-order valence-electron chi connectivity index (χ4n) is 2.93. The predicted octanol–water partition coefficient (Wildman–Crippen LogP) is 4.74. The van der Waals surface area contributed by atoms with Crippen LogP contribution in [0.2, 0.25) is 0 Å². The number of thiophene rings is 1. The summed E-state index contributed by atoms with van der Waals surface area (Å²) in [6.07, 6.45) is 0. The van der Waals surface area contributed by atoms with Crippen LogP contribution < -0.4 is 10.1 Å². The SMILES string of the molecule is N#Cc1ccsc1NC(=O)COC(=O)c1oc2ccccc2c1COc1ccccc1. The van der Waals surface area contributed by atoms with Crippen molar-refractivity contribution < 1.29 is 23.5 Å². The highest BCUT2D eigenvalue weighted by Crippen LogP contribution is 2.28. The van der Waals surface area contributed by atoms with Crippen LogP contribution in [0.15, 0.2) is 70.5 Å². The molecule has 0 spiro atoms. The molecule has 2 aromatic heterocycles. The number of carbonyl (C=O) groups is 2. The second-order valence-electron chi connectivity index (χ2n) is 6.41. The van der Waals surface area contributed by atoms with Crippen LogP contribution in [0.3, 0.4) is 0 Å². The highest BCUT2D eigenvalue weighted by Gasteiger charge is 2.23. The van der Waals surface area contributed by atoms with Crippen molar-refractivity contribution in [3.05, 3.63) is 82.9 Å². The largest absolute Gasteiger partial charge is 0.489 e. The molecule has 154 valence electrons. The second-order valence-corrected chi connectivity index (χ2v) is 7.32. The minimum absolute atomic E-state index is 0.0150. The lowest BCUT2D eigenvalue weighted by molar-refractivity contribution is -0.119. The summed E-state index contributed by atoms with van der Waals surface area (Å²) >= 11 is 1.21. The van der Waals surface area contributed by atoms with E-state index in [0.717, 1.165) is 5.39 Å². The third kappa shape index (κ3) is 4.57. The van der Waals surface area contributed by atoms with Gasteiger partial charge in [0, 0.05) is 5.39 Å². The molecule has 0 radical (unpaired) electrons. The zero-order valence-electron chi connectivity index (χ0n) is 16.2. The van der Waals surface area contributed by atoms with Crippen molar-refractivity contribution >= 4 is 39.2 Å². The summed E-state index contributed by atoms with van der Waals surface area (Å²) in [6.45, 7) is -0.421. The van der Waals surface area contributed by atoms with Crippen LogP contribution in [0.5, 0.6) is 5.75 Å². The maximum Gasteiger partial charge on any atom is 0.375 e. The Labute approximate surface area is 181 Å². The van der Waals surface area contributed by atoms with E-state index in [1.54, 1.807) is 23.6 Å². The van der Waals surface area contributed by atoms with Crippen molar-refractivity contribution in [1.82, 2.24) is 0 Å². The van der Waals surface area contributed by atoms with E-state index in [2.05, 4.69) is 5.32 Å². The van der Waals surface area contributed by atoms with Crippen molar-refractivity contribution in [3.63, 3.8) is 0 Å². The van der Waals surface area contributed by atoms with E-state index in [0.29, 0.717) is 27.5 Å². The molecule has 1 N–H and O–H groups in total. The topological polar surface area (TPSA) is 102 Å². The molecule has 0 atom stereocenters. The molecule has 4 aromatic rings. The number of nitrogens with one attached hydrogen (secondary N) is 1. The van der Waals surface area contributed by atoms with Crippen LogP contribution >= 0.6 is 11.3 Å². The first-order valence-electron chi connectivity index (χ1n) is 9.28. The predicted molar refractivity (Wildman–Crippen MR) is 115 cm³/mol. The number of nitrogens with zero attached hydrogens (tertiary/aromatic N) is 1. The Morgan fingerprint density at radius 1 is 1.06 bits per heavy atom. The van der Waals surface area contributed by atoms with Crippen molar-refractivity contribution in [2.75, 3.05) is 11.9 Å². The van der Waals surface area contributed by atoms with E-state index in [9.17, 15) is 9.59 Å². The van der Waals surface area contributed by atoms with Gasteiger partial charge in [0.2, 0.25) is 5.76 Å². The Morgan fingerprint density at radius 3 is 2.65 bits per heavy atom. The van der Waals surface area contributed by atoms with E-state index in [-0.39, 0.29) is 12.4 Å². The van der Waals surface area contributed by atoms with Gasteiger partial charge in [0.15, 0.2) is 6.61 Å². The Bertz CT molecular complexity index is 1270. The molecule has 0 aliphatic rings. The van der Waals surface area contributed by atoms with Gasteiger partial charge in [-0.2, -0.15) is 5.26 Å². The number of rotatable bonds is 7. The van der Waals surface area contributed by atoms with E-state index >= 15 is 0 Å². The van der Waals surface area contributed by atoms with Gasteiger partial charge < -0.3 is 19.2 Å². The molecule has 0 saturated carbocycles. The molecule has 0 saturated heterocycles. The van der Waals surface area contributed by atoms with Gasteiger partial charge >= 0.3 is 5.97 Å². The first kappa shape index (κ1) is 20.2. The fourth-order valence-corrected chi connectivity index (χ4v) is 3.69. The number of carbonyl (C=O) groups excluding carboxylic acids is 2. The van der Waals surface area contributed by atoms with Gasteiger partial charge in [0.05, 0.1) is 11.1 Å². The molecule has 0 aliphatic heterocycles. The van der Waals surface area contributed by atoms with Crippen LogP contribution in [-0.4, -0.2) is 18.5 Å². The molecule has 0 fully saturated rings. The highest BCUT2D eigenvalue weighted by atomic mass is 32.1. The minimum Gasteiger partial charge on any atom is -0.489 e. The smallest absolute Gasteiger partial charge is 0.375 e. The normalized spacial score (nSPS) is 10.4. The Kier molecular flexibility index (Phi) is 5.96. The van der Waals surface area contributed by atoms with Gasteiger partial charge in [-0.1, -0.05) is 36.4 Å². The van der Waals surface area contributed by atoms with E-state index < -0.39 is 18.5 Å². The van der Waals surface area contributed by atoms with Crippen LogP contribution in [0.4, 0.5) is 5.00 Å². The van der Waals surface area contributed by atoms with Gasteiger partial charge in [0.25, 0.3) is 5.91 Å². The number of ether oxygens (including phenoxy) is 2. The number of fused-ring (bicyclic) bond motifs is 1. The number of para-hydroxylation sites is 2. The number of esters is 1. The number of furan rings is 1. The quantitative estimate of drug-likeness (QED) is 0.423. The van der Waals surface area contributed by atoms with Gasteiger partial charge in [-0.15, -0.1) is 11.3 Å². The average Bonchev–Trinajstić information content (AvgIpc) is 3.40. The Morgan fingerprint density at radius 2 is 1.84 bits per heavy atom. The summed E-state index contributed by atoms with van der Waals surface area (Å²) in [4.78, 5) is 24.8. The molecule has 7 nitrogen and oxygen atoms in total. The molecule has 0 bridgehead atoms. The lowest BCUT2D eigenvalue weighted by atomic mass is 10.1. The molecule has 2 heterocycles. The molecule has 0 aliphatic carbocycles. The summed E-state index contributed by atoms with van der Waals surface area (Å²) in [6, 6.07) is 20.0. The lowest BCUT2D eigenvalue weighted by Gasteiger charge is -2.07. The number of anilines is 1. The number of benzene rings is 2. The number of nitriles is 1. The molecule has 8 heteroatoms. The maximum absolute atomic E-state index is 12.7. The molecule has 2 aromatic carbocycles. The number of hydrogen-bond donors (Lipinski definition) is 1. The first-order chi connectivity index (χ1) is 15.2. The molecule has 4 rings (SSSR count). The van der Waals surface area contributed by atoms with Crippen LogP contribution in [-0.2, 0) is 16.1 Å². The monoisotopic (exact) mass is 432 g/mol. The zero-order valence-corrected chi connectivity index (χ0v) is 17.0. The highest BCUT2D eigenvalue weighted by molar-refractivity contribution is 7.14. The van der Waals surface area contributed by atoms with E-state index in [1.165, 1.54) is 11.3 Å². The fraction of sp³-hybridized carbons (Fsp3) is 0.0870. The van der Waals surface area contributed by atoms with Crippen LogP contribution in [0.25, 0.3) is 11.0 Å². The molecule has 1 amide bonds. The van der Waals surface area contributed by atoms with Crippen molar-refractivity contribution in [1.29, 1.82) is 5.26 Å². The molecule has 31 heavy (non-hydrogen) atoms. The third-order valence-corrected chi connectivity index (χ3v) is 5.21. The summed E-state index contributed by atoms with van der Waals surface area (Å²) in [5.74, 6) is -0.690. The van der Waals surface area contributed by atoms with Crippen molar-refractivity contribution in [2.45, 2.75) is 6.61 Å². The van der Waals surface area contributed by atoms with E-state index in [1.807, 2.05) is 48.5 Å². The molecular weight excluding hydrogens is 416 g/mol. The zero-order chi connectivity index (χ0) is 21.6. The average molecular weight is 432 g/mol. The summed E-state index contributed by atoms with van der Waals surface area (Å²) in [7, 11) is 0. The Balaban J connectivity index is 1.48. The second kappa shape index (κ2) is 9.15. The maximum atomic E-state index is 12.7. The molecule has 0 unspecified atom stereocenters. The standard InChI is InChI=1S/C23H16N2O5S/c24-12-15-10-11-31-22(15)25-20(26)14-29-23(27)21-18(13-28-16-6-2-1-3-7-16)17-8-4-5-9-19(17)30-21/h1-11H,13-14H2,(H,25,26). The first-order valence-corrected chi connectivity index (χ1v) is 10.2. The van der Waals surface area contributed by atoms with Crippen LogP contribution in [0, 0.1) is 11.3 Å². The van der Waals surface area contributed by atoms with Gasteiger partial charge in [-0.25, -0.2) is 4.79 Å². The minimum atomic E-state index is -0.773. The van der Waals surface area contributed by atoms with Gasteiger partial charge in [-0.3, -0.25) is 4.79 Å². The summed E-state index contributed by atoms with van der Waals surface area (Å²) < 4.78 is 16.6. The summed E-state index contributed by atoms with van der Waals surface area (Å²) in [5.41, 5.74) is 1.40. The molecular formula is C23H16N2O5S. The van der Waals surface area contributed by atoms with E-state index in [4.69, 9.17) is 19.2 Å². The summed E-state index contributed by atoms with van der Waals surface area (Å²) in [5, 5.41) is 14.4. The van der Waals surface area contributed by atoms with Crippen molar-refractivity contribution in [2.24, 2.45) is 0 Å². The Hall–Kier alpha value is -4.09. The lowest BCUT2D eigenvalue weighted by Crippen LogP contribution is -2.21.